The van der Waals surface area contributed by atoms with E-state index in [1.54, 1.807) is 5.56 Å². The average Bonchev–Trinajstić information content (AvgIpc) is 2.92. The van der Waals surface area contributed by atoms with Crippen molar-refractivity contribution in [3.8, 4) is 11.1 Å². The Hall–Kier alpha value is -1.82. The topological polar surface area (TPSA) is 0 Å². The maximum Gasteiger partial charge on any atom is -0.0162 e. The van der Waals surface area contributed by atoms with Gasteiger partial charge in [-0.05, 0) is 90.9 Å². The predicted molar refractivity (Wildman–Crippen MR) is 154 cm³/mol. The summed E-state index contributed by atoms with van der Waals surface area (Å²) in [5.74, 6) is 3.56. The maximum absolute atomic E-state index is 2.49. The molecule has 0 amide bonds. The van der Waals surface area contributed by atoms with Gasteiger partial charge in [0, 0.05) is 0 Å². The van der Waals surface area contributed by atoms with Crippen LogP contribution < -0.4 is 0 Å². The molecule has 2 aromatic carbocycles. The molecule has 2 aliphatic rings. The van der Waals surface area contributed by atoms with Crippen molar-refractivity contribution in [2.45, 2.75) is 116 Å². The number of hydrogen-bond donors (Lipinski definition) is 0. The Morgan fingerprint density at radius 2 is 1.26 bits per heavy atom. The number of hydrogen-bond acceptors (Lipinski definition) is 0. The quantitative estimate of drug-likeness (QED) is 0.286. The summed E-state index contributed by atoms with van der Waals surface area (Å²) in [6.07, 6.45) is 25.6. The third-order valence-electron chi connectivity index (χ3n) is 9.08. The molecule has 0 unspecified atom stereocenters. The third-order valence-corrected chi connectivity index (χ3v) is 9.08. The third kappa shape index (κ3) is 8.09. The minimum atomic E-state index is 0.754. The Balaban J connectivity index is 1.22. The summed E-state index contributed by atoms with van der Waals surface area (Å²) in [5, 5.41) is 0. The fourth-order valence-corrected chi connectivity index (χ4v) is 6.58. The molecule has 2 saturated carbocycles. The van der Waals surface area contributed by atoms with Crippen LogP contribution in [0.3, 0.4) is 0 Å². The van der Waals surface area contributed by atoms with Gasteiger partial charge in [-0.15, -0.1) is 0 Å². The zero-order valence-corrected chi connectivity index (χ0v) is 22.7. The van der Waals surface area contributed by atoms with Crippen molar-refractivity contribution in [3.63, 3.8) is 0 Å². The van der Waals surface area contributed by atoms with Gasteiger partial charge >= 0.3 is 0 Å². The van der Waals surface area contributed by atoms with E-state index in [0.29, 0.717) is 0 Å². The summed E-state index contributed by atoms with van der Waals surface area (Å²) in [6, 6.07) is 19.0. The summed E-state index contributed by atoms with van der Waals surface area (Å²) in [4.78, 5) is 0. The molecule has 0 bridgehead atoms. The van der Waals surface area contributed by atoms with Gasteiger partial charge in [-0.2, -0.15) is 0 Å². The second-order valence-electron chi connectivity index (χ2n) is 11.7. The summed E-state index contributed by atoms with van der Waals surface area (Å²) < 4.78 is 0. The molecule has 0 heteroatoms. The summed E-state index contributed by atoms with van der Waals surface area (Å²) in [6.45, 7) is 4.59. The SMILES string of the molecule is CCCC=CC1CCC(c2ccc(-c3ccc(CCC4CCC(CCCC)CC4)cc3)cc2)CC1. The van der Waals surface area contributed by atoms with Gasteiger partial charge in [0.15, 0.2) is 0 Å². The molecular formula is C35H50. The molecule has 2 aromatic rings. The van der Waals surface area contributed by atoms with Crippen LogP contribution in [0.1, 0.15) is 121 Å². The lowest BCUT2D eigenvalue weighted by Gasteiger charge is -2.28. The van der Waals surface area contributed by atoms with E-state index in [0.717, 1.165) is 23.7 Å². The highest BCUT2D eigenvalue weighted by atomic mass is 14.3. The Morgan fingerprint density at radius 1 is 0.657 bits per heavy atom. The molecule has 0 heterocycles. The highest BCUT2D eigenvalue weighted by Gasteiger charge is 2.21. The fraction of sp³-hybridized carbons (Fsp3) is 0.600. The van der Waals surface area contributed by atoms with Crippen molar-refractivity contribution in [1.29, 1.82) is 0 Å². The molecule has 0 atom stereocenters. The second kappa shape index (κ2) is 14.1. The van der Waals surface area contributed by atoms with Gasteiger partial charge in [0.05, 0.1) is 0 Å². The van der Waals surface area contributed by atoms with Crippen molar-refractivity contribution in [1.82, 2.24) is 0 Å². The molecule has 4 rings (SSSR count). The van der Waals surface area contributed by atoms with Crippen LogP contribution in [0, 0.1) is 17.8 Å². The standard InChI is InChI=1S/C35H50/c1-3-5-7-9-29-16-20-32(21-17-29)34-24-26-35(27-25-34)33-22-18-31(19-23-33)15-14-30-12-10-28(11-13-30)8-6-4-2/h7,9,18-19,22-30,32H,3-6,8,10-17,20-21H2,1-2H3. The van der Waals surface area contributed by atoms with Crippen LogP contribution in [0.4, 0.5) is 0 Å². The zero-order chi connectivity index (χ0) is 24.3. The van der Waals surface area contributed by atoms with E-state index in [9.17, 15) is 0 Å². The molecule has 0 N–H and O–H groups in total. The molecule has 0 saturated heterocycles. The first-order valence-electron chi connectivity index (χ1n) is 15.1. The molecule has 190 valence electrons. The monoisotopic (exact) mass is 470 g/mol. The Kier molecular flexibility index (Phi) is 10.5. The summed E-state index contributed by atoms with van der Waals surface area (Å²) >= 11 is 0. The molecule has 2 fully saturated rings. The lowest BCUT2D eigenvalue weighted by molar-refractivity contribution is 0.250. The molecule has 0 nitrogen and oxygen atoms in total. The van der Waals surface area contributed by atoms with E-state index in [1.807, 2.05) is 0 Å². The number of allylic oxidation sites excluding steroid dienone is 2. The van der Waals surface area contributed by atoms with Gasteiger partial charge in [-0.3, -0.25) is 0 Å². The average molecular weight is 471 g/mol. The maximum atomic E-state index is 2.49. The van der Waals surface area contributed by atoms with Crippen LogP contribution in [-0.4, -0.2) is 0 Å². The van der Waals surface area contributed by atoms with Crippen molar-refractivity contribution >= 4 is 0 Å². The van der Waals surface area contributed by atoms with Crippen LogP contribution in [0.5, 0.6) is 0 Å². The molecule has 0 aliphatic heterocycles. The van der Waals surface area contributed by atoms with Gasteiger partial charge in [-0.1, -0.05) is 126 Å². The highest BCUT2D eigenvalue weighted by molar-refractivity contribution is 5.64. The predicted octanol–water partition coefficient (Wildman–Crippen LogP) is 10.9. The zero-order valence-electron chi connectivity index (χ0n) is 22.7. The van der Waals surface area contributed by atoms with E-state index >= 15 is 0 Å². The molecule has 0 aromatic heterocycles. The number of benzene rings is 2. The van der Waals surface area contributed by atoms with Crippen LogP contribution in [0.15, 0.2) is 60.7 Å². The van der Waals surface area contributed by atoms with E-state index in [1.165, 1.54) is 113 Å². The van der Waals surface area contributed by atoms with Crippen molar-refractivity contribution in [3.05, 3.63) is 71.8 Å². The summed E-state index contributed by atoms with van der Waals surface area (Å²) in [7, 11) is 0. The normalized spacial score (nSPS) is 25.2. The van der Waals surface area contributed by atoms with Crippen LogP contribution >= 0.6 is 0 Å². The van der Waals surface area contributed by atoms with E-state index in [4.69, 9.17) is 0 Å². The smallest absolute Gasteiger partial charge is 0.0162 e. The van der Waals surface area contributed by atoms with Gasteiger partial charge in [0.2, 0.25) is 0 Å². The Bertz CT molecular complexity index is 855. The van der Waals surface area contributed by atoms with Crippen LogP contribution in [0.2, 0.25) is 0 Å². The Labute approximate surface area is 216 Å². The van der Waals surface area contributed by atoms with E-state index in [2.05, 4.69) is 74.5 Å². The fourth-order valence-electron chi connectivity index (χ4n) is 6.58. The molecule has 0 spiro atoms. The van der Waals surface area contributed by atoms with Crippen LogP contribution in [0.25, 0.3) is 11.1 Å². The first-order valence-corrected chi connectivity index (χ1v) is 15.1. The highest BCUT2D eigenvalue weighted by Crippen LogP contribution is 2.37. The second-order valence-corrected chi connectivity index (χ2v) is 11.7. The van der Waals surface area contributed by atoms with Crippen LogP contribution in [-0.2, 0) is 6.42 Å². The number of rotatable bonds is 11. The molecular weight excluding hydrogens is 420 g/mol. The lowest BCUT2D eigenvalue weighted by Crippen LogP contribution is -2.15. The van der Waals surface area contributed by atoms with Crippen molar-refractivity contribution < 1.29 is 0 Å². The van der Waals surface area contributed by atoms with E-state index in [-0.39, 0.29) is 0 Å². The molecule has 2 aliphatic carbocycles. The molecule has 0 radical (unpaired) electrons. The van der Waals surface area contributed by atoms with Gasteiger partial charge < -0.3 is 0 Å². The first-order chi connectivity index (χ1) is 17.2. The number of aryl methyl sites for hydroxylation is 1. The summed E-state index contributed by atoms with van der Waals surface area (Å²) in [5.41, 5.74) is 5.79. The van der Waals surface area contributed by atoms with Gasteiger partial charge in [-0.25, -0.2) is 0 Å². The minimum Gasteiger partial charge on any atom is -0.0883 e. The van der Waals surface area contributed by atoms with Gasteiger partial charge in [0.1, 0.15) is 0 Å². The van der Waals surface area contributed by atoms with E-state index < -0.39 is 0 Å². The lowest BCUT2D eigenvalue weighted by atomic mass is 9.78. The first kappa shape index (κ1) is 26.2. The van der Waals surface area contributed by atoms with Crippen molar-refractivity contribution in [2.24, 2.45) is 17.8 Å². The largest absolute Gasteiger partial charge is 0.0883 e. The van der Waals surface area contributed by atoms with Gasteiger partial charge in [0.25, 0.3) is 0 Å². The number of unbranched alkanes of at least 4 members (excludes halogenated alkanes) is 2. The minimum absolute atomic E-state index is 0.754. The Morgan fingerprint density at radius 3 is 1.86 bits per heavy atom. The van der Waals surface area contributed by atoms with Crippen molar-refractivity contribution in [2.75, 3.05) is 0 Å². The molecule has 35 heavy (non-hydrogen) atoms.